The van der Waals surface area contributed by atoms with Gasteiger partial charge in [-0.25, -0.2) is 5.70 Å². The zero-order valence-electron chi connectivity index (χ0n) is 8.00. The molecule has 0 aromatic carbocycles. The molecule has 0 aliphatic carbocycles. The molecule has 0 radical (unpaired) electrons. The molecular weight excluding hydrogens is 131 g/mol. The van der Waals surface area contributed by atoms with E-state index in [1.165, 1.54) is 5.57 Å². The molecule has 0 N–H and O–H groups in total. The van der Waals surface area contributed by atoms with Crippen LogP contribution >= 0.6 is 0 Å². The Kier molecular flexibility index (Phi) is 6.54. The summed E-state index contributed by atoms with van der Waals surface area (Å²) in [6.45, 7) is 10.9. The molecule has 0 atom stereocenters. The van der Waals surface area contributed by atoms with Crippen LogP contribution in [0.25, 0.3) is 0 Å². The van der Waals surface area contributed by atoms with Crippen molar-refractivity contribution in [2.45, 2.75) is 33.5 Å². The summed E-state index contributed by atoms with van der Waals surface area (Å²) in [5.74, 6) is 0. The van der Waals surface area contributed by atoms with E-state index in [1.54, 1.807) is 0 Å². The third-order valence-electron chi connectivity index (χ3n) is 0.688. The van der Waals surface area contributed by atoms with Crippen molar-refractivity contribution in [3.63, 3.8) is 0 Å². The molecule has 0 fully saturated rings. The molecule has 0 heterocycles. The van der Waals surface area contributed by atoms with Crippen molar-refractivity contribution in [2.75, 3.05) is 0 Å². The van der Waals surface area contributed by atoms with E-state index in [2.05, 4.69) is 31.1 Å². The molecule has 0 rings (SSSR count). The molecule has 0 saturated heterocycles. The van der Waals surface area contributed by atoms with E-state index in [9.17, 15) is 0 Å². The fraction of sp³-hybridized carbons (Fsp3) is 0.625. The van der Waals surface area contributed by atoms with Gasteiger partial charge in [-0.1, -0.05) is 19.6 Å². The molecule has 0 aliphatic heterocycles. The van der Waals surface area contributed by atoms with Gasteiger partial charge >= 0.3 is 18.9 Å². The molecule has 0 nitrogen and oxygen atoms in total. The van der Waals surface area contributed by atoms with Gasteiger partial charge < -0.3 is 5.73 Å². The summed E-state index contributed by atoms with van der Waals surface area (Å²) in [6.07, 6.45) is 0. The van der Waals surface area contributed by atoms with Gasteiger partial charge in [0.05, 0.1) is 0 Å². The molecule has 0 bridgehead atoms. The Morgan fingerprint density at radius 2 is 1.60 bits per heavy atom. The Balaban J connectivity index is 0. The van der Waals surface area contributed by atoms with Crippen LogP contribution in [0.15, 0.2) is 11.3 Å². The molecule has 0 spiro atoms. The summed E-state index contributed by atoms with van der Waals surface area (Å²) in [4.78, 5) is 0. The maximum absolute atomic E-state index is 3.27. The fourth-order valence-electron chi connectivity index (χ4n) is 0.312. The van der Waals surface area contributed by atoms with Crippen molar-refractivity contribution in [1.29, 1.82) is 0 Å². The predicted octanol–water partition coefficient (Wildman–Crippen LogP) is -0.208. The van der Waals surface area contributed by atoms with Crippen LogP contribution in [0.2, 0.25) is 19.6 Å². The first-order chi connectivity index (χ1) is 3.92. The van der Waals surface area contributed by atoms with E-state index in [4.69, 9.17) is 0 Å². The van der Waals surface area contributed by atoms with Crippen molar-refractivity contribution in [2.24, 2.45) is 0 Å². The van der Waals surface area contributed by atoms with Gasteiger partial charge in [-0.05, 0) is 8.07 Å². The second-order valence-corrected chi connectivity index (χ2v) is 8.25. The molecule has 0 saturated carbocycles. The standard InChI is InChI=1S/C8H15Si.Li/c1-8(2)6-7-9(3,4)5;/h1-5H3;/q-1;+1. The van der Waals surface area contributed by atoms with Crippen molar-refractivity contribution < 1.29 is 18.9 Å². The summed E-state index contributed by atoms with van der Waals surface area (Å²) >= 11 is 0. The summed E-state index contributed by atoms with van der Waals surface area (Å²) in [5.41, 5.74) is 7.61. The molecule has 0 amide bonds. The van der Waals surface area contributed by atoms with E-state index >= 15 is 0 Å². The zero-order chi connectivity index (χ0) is 7.49. The fourth-order valence-corrected chi connectivity index (χ4v) is 0.938. The van der Waals surface area contributed by atoms with Gasteiger partial charge in [0.1, 0.15) is 0 Å². The monoisotopic (exact) mass is 146 g/mol. The van der Waals surface area contributed by atoms with Crippen LogP contribution in [0.4, 0.5) is 0 Å². The smallest absolute Gasteiger partial charge is 0.335 e. The Bertz CT molecular complexity index is 143. The van der Waals surface area contributed by atoms with Crippen LogP contribution < -0.4 is 18.9 Å². The summed E-state index contributed by atoms with van der Waals surface area (Å²) < 4.78 is 0. The zero-order valence-corrected chi connectivity index (χ0v) is 9.00. The largest absolute Gasteiger partial charge is 1.00 e. The molecule has 0 unspecified atom stereocenters. The van der Waals surface area contributed by atoms with Crippen LogP contribution in [0, 0.1) is 5.70 Å². The second-order valence-electron chi connectivity index (χ2n) is 3.50. The molecule has 0 aromatic rings. The van der Waals surface area contributed by atoms with Crippen molar-refractivity contribution >= 4 is 8.07 Å². The average molecular weight is 146 g/mol. The molecule has 10 heavy (non-hydrogen) atoms. The normalized spacial score (nSPS) is 9.30. The number of rotatable bonds is 1. The van der Waals surface area contributed by atoms with Gasteiger partial charge in [-0.15, -0.1) is 13.8 Å². The van der Waals surface area contributed by atoms with E-state index < -0.39 is 8.07 Å². The minimum absolute atomic E-state index is 0. The van der Waals surface area contributed by atoms with Crippen LogP contribution in [0.3, 0.4) is 0 Å². The molecule has 0 aromatic heterocycles. The molecular formula is C8H15LiSi. The van der Waals surface area contributed by atoms with Gasteiger partial charge in [0.25, 0.3) is 0 Å². The van der Waals surface area contributed by atoms with Crippen LogP contribution in [0.1, 0.15) is 13.8 Å². The summed E-state index contributed by atoms with van der Waals surface area (Å²) in [6, 6.07) is 0. The van der Waals surface area contributed by atoms with E-state index in [0.717, 1.165) is 0 Å². The maximum Gasteiger partial charge on any atom is 1.00 e. The minimum Gasteiger partial charge on any atom is -0.335 e. The van der Waals surface area contributed by atoms with Gasteiger partial charge in [-0.3, -0.25) is 0 Å². The third kappa shape index (κ3) is 11.2. The first-order valence-electron chi connectivity index (χ1n) is 3.25. The Morgan fingerprint density at radius 3 is 1.70 bits per heavy atom. The first kappa shape index (κ1) is 13.0. The molecule has 52 valence electrons. The van der Waals surface area contributed by atoms with E-state index in [0.29, 0.717) is 0 Å². The van der Waals surface area contributed by atoms with Crippen LogP contribution in [-0.4, -0.2) is 8.07 Å². The van der Waals surface area contributed by atoms with Gasteiger partial charge in [0.15, 0.2) is 0 Å². The first-order valence-corrected chi connectivity index (χ1v) is 6.75. The molecule has 2 heteroatoms. The number of hydrogen-bond acceptors (Lipinski definition) is 0. The van der Waals surface area contributed by atoms with Gasteiger partial charge in [0.2, 0.25) is 0 Å². The Morgan fingerprint density at radius 1 is 1.20 bits per heavy atom. The van der Waals surface area contributed by atoms with E-state index in [1.807, 2.05) is 13.8 Å². The van der Waals surface area contributed by atoms with Crippen molar-refractivity contribution in [3.8, 4) is 0 Å². The SMILES string of the molecule is CC(C)=C=[C-][Si](C)(C)C.[Li+]. The summed E-state index contributed by atoms with van der Waals surface area (Å²) in [7, 11) is -1.10. The van der Waals surface area contributed by atoms with Gasteiger partial charge in [0, 0.05) is 0 Å². The Hall–Kier alpha value is 0.334. The van der Waals surface area contributed by atoms with Gasteiger partial charge in [-0.2, -0.15) is 5.57 Å². The molecule has 0 aliphatic rings. The third-order valence-corrected chi connectivity index (χ3v) is 1.56. The second kappa shape index (κ2) is 5.05. The van der Waals surface area contributed by atoms with E-state index in [-0.39, 0.29) is 18.9 Å². The van der Waals surface area contributed by atoms with Crippen LogP contribution in [-0.2, 0) is 0 Å². The Labute approximate surface area is 77.6 Å². The number of hydrogen-bond donors (Lipinski definition) is 0. The minimum atomic E-state index is -1.10. The van der Waals surface area contributed by atoms with Crippen molar-refractivity contribution in [3.05, 3.63) is 17.0 Å². The average Bonchev–Trinajstić information content (AvgIpc) is 1.59. The van der Waals surface area contributed by atoms with Crippen LogP contribution in [0.5, 0.6) is 0 Å². The summed E-state index contributed by atoms with van der Waals surface area (Å²) in [5, 5.41) is 0. The quantitative estimate of drug-likeness (QED) is 0.273. The van der Waals surface area contributed by atoms with Crippen molar-refractivity contribution in [1.82, 2.24) is 0 Å². The topological polar surface area (TPSA) is 0 Å². The predicted molar refractivity (Wildman–Crippen MR) is 45.0 cm³/mol. The number of allylic oxidation sites excluding steroid dienone is 1. The maximum atomic E-state index is 3.27.